The summed E-state index contributed by atoms with van der Waals surface area (Å²) >= 11 is 5.98. The number of carbonyl (C=O) groups is 1. The van der Waals surface area contributed by atoms with Crippen molar-refractivity contribution >= 4 is 34.8 Å². The second-order valence-electron chi connectivity index (χ2n) is 4.34. The van der Waals surface area contributed by atoms with Crippen molar-refractivity contribution in [3.05, 3.63) is 46.5 Å². The van der Waals surface area contributed by atoms with Crippen LogP contribution in [0.25, 0.3) is 11.6 Å². The molecule has 0 fully saturated rings. The number of anilines is 1. The first kappa shape index (κ1) is 12.0. The number of carbonyl (C=O) groups excluding carboxylic acids is 1. The zero-order valence-electron chi connectivity index (χ0n) is 10.3. The number of imidazole rings is 1. The first-order valence-electron chi connectivity index (χ1n) is 6.04. The number of benzene rings is 1. The van der Waals surface area contributed by atoms with Crippen molar-refractivity contribution in [2.24, 2.45) is 0 Å². The Morgan fingerprint density at radius 1 is 1.42 bits per heavy atom. The number of aryl methyl sites for hydroxylation is 1. The summed E-state index contributed by atoms with van der Waals surface area (Å²) in [6.45, 7) is 2.02. The van der Waals surface area contributed by atoms with Gasteiger partial charge in [-0.25, -0.2) is 4.98 Å². The summed E-state index contributed by atoms with van der Waals surface area (Å²) in [6, 6.07) is 5.35. The van der Waals surface area contributed by atoms with Crippen LogP contribution in [0.2, 0.25) is 5.02 Å². The third kappa shape index (κ3) is 2.15. The molecule has 1 amide bonds. The van der Waals surface area contributed by atoms with E-state index in [4.69, 9.17) is 11.6 Å². The van der Waals surface area contributed by atoms with E-state index in [1.54, 1.807) is 30.5 Å². The summed E-state index contributed by atoms with van der Waals surface area (Å²) in [4.78, 5) is 19.3. The fraction of sp³-hybridized carbons (Fsp3) is 0.143. The van der Waals surface area contributed by atoms with Crippen molar-refractivity contribution in [2.45, 2.75) is 13.3 Å². The van der Waals surface area contributed by atoms with E-state index in [0.717, 1.165) is 29.2 Å². The van der Waals surface area contributed by atoms with Crippen molar-refractivity contribution in [2.75, 3.05) is 5.32 Å². The molecule has 3 rings (SSSR count). The van der Waals surface area contributed by atoms with Crippen LogP contribution in [0.1, 0.15) is 24.0 Å². The minimum absolute atomic E-state index is 0.120. The number of hydrogen-bond donors (Lipinski definition) is 2. The summed E-state index contributed by atoms with van der Waals surface area (Å²) < 4.78 is 0. The predicted octanol–water partition coefficient (Wildman–Crippen LogP) is 3.12. The highest BCUT2D eigenvalue weighted by Crippen LogP contribution is 2.34. The zero-order valence-corrected chi connectivity index (χ0v) is 11.1. The lowest BCUT2D eigenvalue weighted by atomic mass is 10.1. The quantitative estimate of drug-likeness (QED) is 0.826. The zero-order chi connectivity index (χ0) is 13.4. The van der Waals surface area contributed by atoms with Crippen LogP contribution in [0.15, 0.2) is 24.4 Å². The fourth-order valence-corrected chi connectivity index (χ4v) is 2.26. The molecular formula is C14H12ClN3O. The van der Waals surface area contributed by atoms with Crippen LogP contribution in [0.5, 0.6) is 0 Å². The molecule has 5 heteroatoms. The van der Waals surface area contributed by atoms with E-state index in [1.807, 2.05) is 6.92 Å². The first-order chi connectivity index (χ1) is 9.17. The van der Waals surface area contributed by atoms with Gasteiger partial charge in [-0.15, -0.1) is 0 Å². The Balaban J connectivity index is 2.06. The van der Waals surface area contributed by atoms with Gasteiger partial charge >= 0.3 is 0 Å². The third-order valence-corrected chi connectivity index (χ3v) is 3.28. The van der Waals surface area contributed by atoms with E-state index >= 15 is 0 Å². The van der Waals surface area contributed by atoms with Crippen LogP contribution in [-0.2, 0) is 11.2 Å². The van der Waals surface area contributed by atoms with Crippen molar-refractivity contribution in [1.29, 1.82) is 0 Å². The van der Waals surface area contributed by atoms with Crippen LogP contribution in [-0.4, -0.2) is 15.9 Å². The van der Waals surface area contributed by atoms with Gasteiger partial charge in [-0.3, -0.25) is 4.79 Å². The van der Waals surface area contributed by atoms with Crippen LogP contribution in [0, 0.1) is 0 Å². The molecule has 0 saturated carbocycles. The number of H-pyrrole nitrogens is 1. The number of nitrogens with one attached hydrogen (secondary N) is 2. The SMILES string of the molecule is CCc1ncc(/C=C2\C(=O)Nc3ccc(Cl)cc32)[nH]1. The van der Waals surface area contributed by atoms with Crippen molar-refractivity contribution in [1.82, 2.24) is 9.97 Å². The number of aromatic amines is 1. The monoisotopic (exact) mass is 273 g/mol. The van der Waals surface area contributed by atoms with Gasteiger partial charge in [0.05, 0.1) is 17.5 Å². The molecule has 19 heavy (non-hydrogen) atoms. The first-order valence-corrected chi connectivity index (χ1v) is 6.42. The molecule has 1 aromatic heterocycles. The van der Waals surface area contributed by atoms with E-state index < -0.39 is 0 Å². The van der Waals surface area contributed by atoms with Crippen molar-refractivity contribution in [3.63, 3.8) is 0 Å². The Kier molecular flexibility index (Phi) is 2.87. The van der Waals surface area contributed by atoms with Gasteiger partial charge in [0.25, 0.3) is 5.91 Å². The minimum atomic E-state index is -0.120. The average Bonchev–Trinajstić information content (AvgIpc) is 2.96. The van der Waals surface area contributed by atoms with Crippen molar-refractivity contribution < 1.29 is 4.79 Å². The molecule has 1 aliphatic rings. The molecule has 0 unspecified atom stereocenters. The maximum Gasteiger partial charge on any atom is 0.256 e. The summed E-state index contributed by atoms with van der Waals surface area (Å²) in [5.41, 5.74) is 3.03. The number of aromatic nitrogens is 2. The number of hydrogen-bond acceptors (Lipinski definition) is 2. The predicted molar refractivity (Wildman–Crippen MR) is 75.9 cm³/mol. The number of nitrogens with zero attached hydrogens (tertiary/aromatic N) is 1. The summed E-state index contributed by atoms with van der Waals surface area (Å²) in [5.74, 6) is 0.779. The Morgan fingerprint density at radius 2 is 2.26 bits per heavy atom. The molecule has 1 aromatic carbocycles. The van der Waals surface area contributed by atoms with E-state index in [0.29, 0.717) is 10.6 Å². The molecular weight excluding hydrogens is 262 g/mol. The van der Waals surface area contributed by atoms with E-state index in [2.05, 4.69) is 15.3 Å². The molecule has 2 heterocycles. The maximum atomic E-state index is 12.0. The largest absolute Gasteiger partial charge is 0.342 e. The molecule has 0 radical (unpaired) electrons. The van der Waals surface area contributed by atoms with E-state index in [9.17, 15) is 4.79 Å². The summed E-state index contributed by atoms with van der Waals surface area (Å²) in [6.07, 6.45) is 4.35. The molecule has 0 aliphatic carbocycles. The minimum Gasteiger partial charge on any atom is -0.342 e. The molecule has 0 saturated heterocycles. The second kappa shape index (κ2) is 4.55. The lowest BCUT2D eigenvalue weighted by molar-refractivity contribution is -0.110. The highest BCUT2D eigenvalue weighted by molar-refractivity contribution is 6.36. The van der Waals surface area contributed by atoms with Gasteiger partial charge in [0.15, 0.2) is 0 Å². The number of halogens is 1. The number of fused-ring (bicyclic) bond motifs is 1. The lowest BCUT2D eigenvalue weighted by Gasteiger charge is -1.98. The molecule has 1 aliphatic heterocycles. The summed E-state index contributed by atoms with van der Waals surface area (Å²) in [5, 5.41) is 3.43. The van der Waals surface area contributed by atoms with E-state index in [-0.39, 0.29) is 5.91 Å². The maximum absolute atomic E-state index is 12.0. The van der Waals surface area contributed by atoms with Gasteiger partial charge < -0.3 is 10.3 Å². The van der Waals surface area contributed by atoms with Crippen LogP contribution >= 0.6 is 11.6 Å². The van der Waals surface area contributed by atoms with Gasteiger partial charge in [0, 0.05) is 22.7 Å². The summed E-state index contributed by atoms with van der Waals surface area (Å²) in [7, 11) is 0. The topological polar surface area (TPSA) is 57.8 Å². The third-order valence-electron chi connectivity index (χ3n) is 3.05. The van der Waals surface area contributed by atoms with Gasteiger partial charge in [0.2, 0.25) is 0 Å². The molecule has 0 spiro atoms. The molecule has 96 valence electrons. The molecule has 4 nitrogen and oxygen atoms in total. The van der Waals surface area contributed by atoms with Crippen molar-refractivity contribution in [3.8, 4) is 0 Å². The van der Waals surface area contributed by atoms with Gasteiger partial charge in [-0.2, -0.15) is 0 Å². The standard InChI is InChI=1S/C14H12ClN3O/c1-2-13-16-7-9(17-13)6-11-10-5-8(15)3-4-12(10)18-14(11)19/h3-7H,2H2,1H3,(H,16,17)(H,18,19)/b11-6-. The fourth-order valence-electron chi connectivity index (χ4n) is 2.09. The van der Waals surface area contributed by atoms with Gasteiger partial charge in [-0.1, -0.05) is 18.5 Å². The highest BCUT2D eigenvalue weighted by Gasteiger charge is 2.24. The number of rotatable bonds is 2. The van der Waals surface area contributed by atoms with Gasteiger partial charge in [0.1, 0.15) is 5.82 Å². The number of amides is 1. The Hall–Kier alpha value is -2.07. The normalized spacial score (nSPS) is 15.7. The van der Waals surface area contributed by atoms with Crippen LogP contribution in [0.3, 0.4) is 0 Å². The van der Waals surface area contributed by atoms with Crippen LogP contribution < -0.4 is 5.32 Å². The smallest absolute Gasteiger partial charge is 0.256 e. The second-order valence-corrected chi connectivity index (χ2v) is 4.78. The van der Waals surface area contributed by atoms with Crippen LogP contribution in [0.4, 0.5) is 5.69 Å². The molecule has 0 bridgehead atoms. The average molecular weight is 274 g/mol. The Labute approximate surface area is 115 Å². The van der Waals surface area contributed by atoms with Gasteiger partial charge in [-0.05, 0) is 24.3 Å². The molecule has 2 aromatic rings. The highest BCUT2D eigenvalue weighted by atomic mass is 35.5. The molecule has 0 atom stereocenters. The molecule has 2 N–H and O–H groups in total. The Bertz CT molecular complexity index is 688. The lowest BCUT2D eigenvalue weighted by Crippen LogP contribution is -2.03. The van der Waals surface area contributed by atoms with E-state index in [1.165, 1.54) is 0 Å². The Morgan fingerprint density at radius 3 is 3.00 bits per heavy atom.